The molecule has 2 heterocycles. The summed E-state index contributed by atoms with van der Waals surface area (Å²) in [6, 6.07) is 5.41. The van der Waals surface area contributed by atoms with Crippen LogP contribution >= 0.6 is 0 Å². The fourth-order valence-corrected chi connectivity index (χ4v) is 2.62. The van der Waals surface area contributed by atoms with Gasteiger partial charge in [-0.1, -0.05) is 6.07 Å². The molecule has 0 saturated heterocycles. The van der Waals surface area contributed by atoms with Crippen molar-refractivity contribution in [2.45, 2.75) is 38.6 Å². The molecule has 1 aromatic heterocycles. The molecule has 1 aromatic carbocycles. The molecule has 100 valence electrons. The minimum absolute atomic E-state index is 0.154. The van der Waals surface area contributed by atoms with Gasteiger partial charge in [0.15, 0.2) is 0 Å². The van der Waals surface area contributed by atoms with Crippen molar-refractivity contribution in [2.75, 3.05) is 5.73 Å². The summed E-state index contributed by atoms with van der Waals surface area (Å²) in [5, 5.41) is 9.40. The molecule has 3 N–H and O–H groups in total. The molecule has 4 heteroatoms. The van der Waals surface area contributed by atoms with Crippen molar-refractivity contribution in [1.82, 2.24) is 9.55 Å². The summed E-state index contributed by atoms with van der Waals surface area (Å²) in [7, 11) is 0. The van der Waals surface area contributed by atoms with Crippen LogP contribution in [0.25, 0.3) is 0 Å². The Morgan fingerprint density at radius 2 is 2.16 bits per heavy atom. The zero-order valence-corrected chi connectivity index (χ0v) is 11.0. The van der Waals surface area contributed by atoms with E-state index in [1.165, 1.54) is 18.7 Å². The summed E-state index contributed by atoms with van der Waals surface area (Å²) in [5.41, 5.74) is 8.44. The molecular formula is C15H19N3O. The molecule has 0 spiro atoms. The third kappa shape index (κ3) is 2.57. The molecule has 0 atom stereocenters. The lowest BCUT2D eigenvalue weighted by Crippen LogP contribution is -2.08. The van der Waals surface area contributed by atoms with Gasteiger partial charge in [-0.3, -0.25) is 0 Å². The predicted molar refractivity (Wildman–Crippen MR) is 75.1 cm³/mol. The smallest absolute Gasteiger partial charge is 0.138 e. The van der Waals surface area contributed by atoms with Crippen molar-refractivity contribution in [3.8, 4) is 5.75 Å². The van der Waals surface area contributed by atoms with Crippen molar-refractivity contribution < 1.29 is 5.11 Å². The second-order valence-corrected chi connectivity index (χ2v) is 5.19. The number of phenolic OH excluding ortho intramolecular Hbond substituents is 1. The standard InChI is InChI=1S/C15H19N3O/c16-13-9-11(5-7-14(13)19)4-6-12-10-18-8-2-1-3-15(18)17-12/h5,7,9-10,19H,1-4,6,8,16H2. The van der Waals surface area contributed by atoms with Crippen LogP contribution in [0.15, 0.2) is 24.4 Å². The highest BCUT2D eigenvalue weighted by molar-refractivity contribution is 5.53. The number of nitrogens with zero attached hydrogens (tertiary/aromatic N) is 2. The molecule has 0 fully saturated rings. The van der Waals surface area contributed by atoms with E-state index in [0.29, 0.717) is 5.69 Å². The van der Waals surface area contributed by atoms with Crippen LogP contribution in [0.3, 0.4) is 0 Å². The number of hydrogen-bond acceptors (Lipinski definition) is 3. The summed E-state index contributed by atoms with van der Waals surface area (Å²) < 4.78 is 2.28. The lowest BCUT2D eigenvalue weighted by Gasteiger charge is -2.11. The molecule has 0 saturated carbocycles. The largest absolute Gasteiger partial charge is 0.506 e. The van der Waals surface area contributed by atoms with E-state index in [1.54, 1.807) is 6.07 Å². The first-order valence-electron chi connectivity index (χ1n) is 6.84. The van der Waals surface area contributed by atoms with E-state index < -0.39 is 0 Å². The fourth-order valence-electron chi connectivity index (χ4n) is 2.62. The topological polar surface area (TPSA) is 64.1 Å². The summed E-state index contributed by atoms with van der Waals surface area (Å²) in [6.07, 6.45) is 7.62. The molecule has 4 nitrogen and oxygen atoms in total. The van der Waals surface area contributed by atoms with Crippen LogP contribution in [0.5, 0.6) is 5.75 Å². The number of rotatable bonds is 3. The highest BCUT2D eigenvalue weighted by Gasteiger charge is 2.12. The Kier molecular flexibility index (Phi) is 3.15. The Labute approximate surface area is 112 Å². The van der Waals surface area contributed by atoms with Gasteiger partial charge in [-0.15, -0.1) is 0 Å². The maximum absolute atomic E-state index is 9.40. The van der Waals surface area contributed by atoms with Crippen LogP contribution in [0.1, 0.15) is 29.9 Å². The number of aromatic nitrogens is 2. The Balaban J connectivity index is 1.68. The van der Waals surface area contributed by atoms with Gasteiger partial charge in [0.05, 0.1) is 11.4 Å². The zero-order valence-electron chi connectivity index (χ0n) is 11.0. The monoisotopic (exact) mass is 257 g/mol. The number of anilines is 1. The number of nitrogen functional groups attached to an aromatic ring is 1. The number of phenols is 1. The van der Waals surface area contributed by atoms with Gasteiger partial charge in [-0.05, 0) is 43.4 Å². The first-order valence-corrected chi connectivity index (χ1v) is 6.84. The quantitative estimate of drug-likeness (QED) is 0.655. The molecule has 0 radical (unpaired) electrons. The van der Waals surface area contributed by atoms with Gasteiger partial charge in [-0.25, -0.2) is 4.98 Å². The third-order valence-electron chi connectivity index (χ3n) is 3.72. The number of benzene rings is 1. The van der Waals surface area contributed by atoms with E-state index in [0.717, 1.165) is 37.1 Å². The van der Waals surface area contributed by atoms with Crippen LogP contribution in [-0.4, -0.2) is 14.7 Å². The predicted octanol–water partition coefficient (Wildman–Crippen LogP) is 2.29. The highest BCUT2D eigenvalue weighted by Crippen LogP contribution is 2.21. The maximum Gasteiger partial charge on any atom is 0.138 e. The van der Waals surface area contributed by atoms with Gasteiger partial charge in [0.25, 0.3) is 0 Å². The molecule has 0 bridgehead atoms. The lowest BCUT2D eigenvalue weighted by atomic mass is 10.1. The Bertz CT molecular complexity index is 566. The average molecular weight is 257 g/mol. The van der Waals surface area contributed by atoms with Gasteiger partial charge in [0.2, 0.25) is 0 Å². The van der Waals surface area contributed by atoms with Gasteiger partial charge in [-0.2, -0.15) is 0 Å². The van der Waals surface area contributed by atoms with Gasteiger partial charge >= 0.3 is 0 Å². The maximum atomic E-state index is 9.40. The van der Waals surface area contributed by atoms with Gasteiger partial charge in [0.1, 0.15) is 11.6 Å². The van der Waals surface area contributed by atoms with Crippen LogP contribution < -0.4 is 5.73 Å². The number of aryl methyl sites for hydroxylation is 4. The molecule has 1 aliphatic rings. The average Bonchev–Trinajstić information content (AvgIpc) is 2.83. The molecule has 19 heavy (non-hydrogen) atoms. The normalized spacial score (nSPS) is 14.3. The number of aromatic hydroxyl groups is 1. The second-order valence-electron chi connectivity index (χ2n) is 5.19. The number of imidazole rings is 1. The molecule has 2 aromatic rings. The van der Waals surface area contributed by atoms with Gasteiger partial charge in [0, 0.05) is 19.2 Å². The summed E-state index contributed by atoms with van der Waals surface area (Å²) >= 11 is 0. The first kappa shape index (κ1) is 12.1. The minimum atomic E-state index is 0.154. The molecule has 0 unspecified atom stereocenters. The first-order chi connectivity index (χ1) is 9.22. The fraction of sp³-hybridized carbons (Fsp3) is 0.400. The Morgan fingerprint density at radius 3 is 2.95 bits per heavy atom. The van der Waals surface area contributed by atoms with E-state index in [9.17, 15) is 5.11 Å². The highest BCUT2D eigenvalue weighted by atomic mass is 16.3. The van der Waals surface area contributed by atoms with Crippen molar-refractivity contribution in [3.05, 3.63) is 41.5 Å². The number of nitrogens with two attached hydrogens (primary N) is 1. The SMILES string of the molecule is Nc1cc(CCc2cn3c(n2)CCCC3)ccc1O. The van der Waals surface area contributed by atoms with E-state index in [-0.39, 0.29) is 5.75 Å². The van der Waals surface area contributed by atoms with Crippen LogP contribution in [-0.2, 0) is 25.8 Å². The Hall–Kier alpha value is -1.97. The second kappa shape index (κ2) is 4.96. The summed E-state index contributed by atoms with van der Waals surface area (Å²) in [5.74, 6) is 1.38. The Morgan fingerprint density at radius 1 is 1.26 bits per heavy atom. The van der Waals surface area contributed by atoms with Crippen LogP contribution in [0.2, 0.25) is 0 Å². The van der Waals surface area contributed by atoms with E-state index >= 15 is 0 Å². The number of fused-ring (bicyclic) bond motifs is 1. The van der Waals surface area contributed by atoms with Crippen molar-refractivity contribution in [3.63, 3.8) is 0 Å². The minimum Gasteiger partial charge on any atom is -0.506 e. The van der Waals surface area contributed by atoms with Gasteiger partial charge < -0.3 is 15.4 Å². The number of hydrogen-bond donors (Lipinski definition) is 2. The molecule has 1 aliphatic heterocycles. The summed E-state index contributed by atoms with van der Waals surface area (Å²) in [6.45, 7) is 1.11. The molecular weight excluding hydrogens is 238 g/mol. The molecule has 0 amide bonds. The van der Waals surface area contributed by atoms with Crippen molar-refractivity contribution in [2.24, 2.45) is 0 Å². The summed E-state index contributed by atoms with van der Waals surface area (Å²) in [4.78, 5) is 4.69. The van der Waals surface area contributed by atoms with Crippen LogP contribution in [0.4, 0.5) is 5.69 Å². The van der Waals surface area contributed by atoms with E-state index in [4.69, 9.17) is 5.73 Å². The van der Waals surface area contributed by atoms with Crippen LogP contribution in [0, 0.1) is 0 Å². The zero-order chi connectivity index (χ0) is 13.2. The van der Waals surface area contributed by atoms with Crippen molar-refractivity contribution >= 4 is 5.69 Å². The lowest BCUT2D eigenvalue weighted by molar-refractivity contribution is 0.478. The van der Waals surface area contributed by atoms with E-state index in [2.05, 4.69) is 15.7 Å². The molecule has 3 rings (SSSR count). The third-order valence-corrected chi connectivity index (χ3v) is 3.72. The van der Waals surface area contributed by atoms with E-state index in [1.807, 2.05) is 12.1 Å². The molecule has 0 aliphatic carbocycles. The van der Waals surface area contributed by atoms with Crippen molar-refractivity contribution in [1.29, 1.82) is 0 Å².